The number of carboxylic acids is 3. The van der Waals surface area contributed by atoms with E-state index in [0.717, 1.165) is 7.11 Å². The molecular formula is C33H47N3O15. The van der Waals surface area contributed by atoms with E-state index in [0.29, 0.717) is 0 Å². The molecule has 1 aromatic rings. The van der Waals surface area contributed by atoms with Crippen LogP contribution in [0.3, 0.4) is 0 Å². The molecule has 51 heavy (non-hydrogen) atoms. The van der Waals surface area contributed by atoms with Crippen molar-refractivity contribution in [3.63, 3.8) is 0 Å². The highest BCUT2D eigenvalue weighted by Gasteiger charge is 2.52. The Kier molecular flexibility index (Phi) is 15.2. The van der Waals surface area contributed by atoms with Crippen molar-refractivity contribution in [2.45, 2.75) is 97.5 Å². The average molecular weight is 726 g/mol. The quantitative estimate of drug-likeness (QED) is 0.120. The van der Waals surface area contributed by atoms with Gasteiger partial charge in [-0.05, 0) is 57.2 Å². The number of aliphatic hydroxyl groups is 1. The summed E-state index contributed by atoms with van der Waals surface area (Å²) >= 11 is 0. The Labute approximate surface area is 294 Å². The summed E-state index contributed by atoms with van der Waals surface area (Å²) in [5.74, 6) is -11.2. The number of ether oxygens (including phenoxy) is 4. The topological polar surface area (TPSA) is 273 Å². The predicted octanol–water partition coefficient (Wildman–Crippen LogP) is 1.72. The molecule has 0 saturated carbocycles. The van der Waals surface area contributed by atoms with Crippen molar-refractivity contribution in [3.05, 3.63) is 23.8 Å². The van der Waals surface area contributed by atoms with Crippen molar-refractivity contribution in [2.75, 3.05) is 12.4 Å². The Bertz CT molecular complexity index is 1460. The molecule has 1 aliphatic heterocycles. The Hall–Kier alpha value is -4.97. The summed E-state index contributed by atoms with van der Waals surface area (Å²) in [6.07, 6.45) is -6.46. The van der Waals surface area contributed by atoms with E-state index in [9.17, 15) is 54.0 Å². The lowest BCUT2D eigenvalue weighted by Gasteiger charge is -2.44. The molecule has 7 atom stereocenters. The van der Waals surface area contributed by atoms with Gasteiger partial charge < -0.3 is 55.3 Å². The maximum absolute atomic E-state index is 13.3. The standard InChI is InChI=1S/C33H47N3O15/c1-15(2)26(36-32(47)51-33(4,5)6)29(45)34-16(3)28(44)35-21-9-8-17(14-37)10-22(21)49-31-20(13-25(42)43)18(11-23(38)39)19(12-24(40)41)27(50-31)30(46)48-7/h8-10,15-16,18-20,26-27,31,37H,11-14H2,1-7H3,(H,34,45)(H,35,44)(H,36,47)(H,38,39)(H,40,41)(H,42,43)/t16-,18-,19-,20+,26-,27-,31+/m0/s1. The van der Waals surface area contributed by atoms with Crippen LogP contribution in [0.2, 0.25) is 0 Å². The van der Waals surface area contributed by atoms with Gasteiger partial charge in [-0.25, -0.2) is 9.59 Å². The first-order chi connectivity index (χ1) is 23.7. The monoisotopic (exact) mass is 725 g/mol. The summed E-state index contributed by atoms with van der Waals surface area (Å²) in [6.45, 7) is 9.19. The molecule has 2 rings (SSSR count). The molecule has 0 aliphatic carbocycles. The number of carbonyl (C=O) groups is 7. The van der Waals surface area contributed by atoms with Gasteiger partial charge in [0.15, 0.2) is 6.10 Å². The van der Waals surface area contributed by atoms with Crippen molar-refractivity contribution in [3.8, 4) is 5.75 Å². The van der Waals surface area contributed by atoms with Crippen molar-refractivity contribution >= 4 is 47.5 Å². The molecule has 1 aromatic carbocycles. The van der Waals surface area contributed by atoms with Gasteiger partial charge >= 0.3 is 30.0 Å². The van der Waals surface area contributed by atoms with E-state index in [-0.39, 0.29) is 17.0 Å². The van der Waals surface area contributed by atoms with Crippen LogP contribution in [-0.2, 0) is 49.6 Å². The minimum absolute atomic E-state index is 0.0553. The number of carbonyl (C=O) groups excluding carboxylic acids is 4. The minimum atomic E-state index is -1.69. The first-order valence-corrected chi connectivity index (χ1v) is 16.1. The van der Waals surface area contributed by atoms with Crippen LogP contribution in [0.5, 0.6) is 5.75 Å². The van der Waals surface area contributed by atoms with E-state index < -0.39 is 121 Å². The second kappa shape index (κ2) is 18.3. The Morgan fingerprint density at radius 1 is 0.843 bits per heavy atom. The predicted molar refractivity (Wildman–Crippen MR) is 175 cm³/mol. The maximum atomic E-state index is 13.3. The molecule has 0 bridgehead atoms. The largest absolute Gasteiger partial charge is 0.481 e. The molecule has 3 amide bonds. The van der Waals surface area contributed by atoms with Gasteiger partial charge in [-0.1, -0.05) is 19.9 Å². The summed E-state index contributed by atoms with van der Waals surface area (Å²) in [6, 6.07) is 1.77. The molecular weight excluding hydrogens is 678 g/mol. The first kappa shape index (κ1) is 42.2. The number of aliphatic carboxylic acids is 3. The van der Waals surface area contributed by atoms with E-state index >= 15 is 0 Å². The second-order valence-electron chi connectivity index (χ2n) is 13.4. The zero-order valence-corrected chi connectivity index (χ0v) is 29.5. The number of anilines is 1. The zero-order chi connectivity index (χ0) is 38.8. The van der Waals surface area contributed by atoms with E-state index in [4.69, 9.17) is 18.9 Å². The molecule has 0 radical (unpaired) electrons. The van der Waals surface area contributed by atoms with Gasteiger partial charge in [-0.3, -0.25) is 24.0 Å². The minimum Gasteiger partial charge on any atom is -0.481 e. The zero-order valence-electron chi connectivity index (χ0n) is 29.5. The van der Waals surface area contributed by atoms with Crippen LogP contribution in [0, 0.1) is 23.7 Å². The van der Waals surface area contributed by atoms with Gasteiger partial charge in [0.25, 0.3) is 0 Å². The molecule has 0 unspecified atom stereocenters. The number of hydrogen-bond acceptors (Lipinski definition) is 12. The fourth-order valence-electron chi connectivity index (χ4n) is 5.54. The third-order valence-corrected chi connectivity index (χ3v) is 7.89. The molecule has 18 heteroatoms. The number of amides is 3. The van der Waals surface area contributed by atoms with Crippen molar-refractivity contribution in [1.29, 1.82) is 0 Å². The van der Waals surface area contributed by atoms with E-state index in [1.807, 2.05) is 0 Å². The smallest absolute Gasteiger partial charge is 0.408 e. The van der Waals surface area contributed by atoms with Crippen LogP contribution in [0.4, 0.5) is 10.5 Å². The lowest BCUT2D eigenvalue weighted by molar-refractivity contribution is -0.233. The summed E-state index contributed by atoms with van der Waals surface area (Å²) in [4.78, 5) is 87.2. The highest BCUT2D eigenvalue weighted by molar-refractivity contribution is 5.99. The molecule has 18 nitrogen and oxygen atoms in total. The summed E-state index contributed by atoms with van der Waals surface area (Å²) in [5.41, 5.74) is -0.618. The van der Waals surface area contributed by atoms with Crippen molar-refractivity contribution in [1.82, 2.24) is 10.6 Å². The number of rotatable bonds is 16. The fraction of sp³-hybridized carbons (Fsp3) is 0.606. The highest BCUT2D eigenvalue weighted by atomic mass is 16.7. The van der Waals surface area contributed by atoms with E-state index in [1.54, 1.807) is 34.6 Å². The molecule has 1 aliphatic rings. The lowest BCUT2D eigenvalue weighted by atomic mass is 9.71. The lowest BCUT2D eigenvalue weighted by Crippen LogP contribution is -2.54. The number of carboxylic acid groups (broad SMARTS) is 3. The summed E-state index contributed by atoms with van der Waals surface area (Å²) < 4.78 is 21.9. The van der Waals surface area contributed by atoms with Crippen LogP contribution in [-0.4, -0.2) is 99.4 Å². The highest BCUT2D eigenvalue weighted by Crippen LogP contribution is 2.43. The number of hydrogen-bond donors (Lipinski definition) is 7. The van der Waals surface area contributed by atoms with E-state index in [2.05, 4.69) is 16.0 Å². The van der Waals surface area contributed by atoms with Crippen molar-refractivity contribution in [2.24, 2.45) is 23.7 Å². The number of methoxy groups -OCH3 is 1. The third kappa shape index (κ3) is 12.7. The Morgan fingerprint density at radius 2 is 1.41 bits per heavy atom. The van der Waals surface area contributed by atoms with Gasteiger partial charge in [0, 0.05) is 18.3 Å². The Balaban J connectivity index is 2.44. The number of esters is 1. The average Bonchev–Trinajstić information content (AvgIpc) is 3.00. The second-order valence-corrected chi connectivity index (χ2v) is 13.4. The molecule has 1 fully saturated rings. The number of benzene rings is 1. The fourth-order valence-corrected chi connectivity index (χ4v) is 5.54. The third-order valence-electron chi connectivity index (χ3n) is 7.89. The molecule has 1 heterocycles. The maximum Gasteiger partial charge on any atom is 0.408 e. The molecule has 284 valence electrons. The van der Waals surface area contributed by atoms with E-state index in [1.165, 1.54) is 25.1 Å². The summed E-state index contributed by atoms with van der Waals surface area (Å²) in [5, 5.41) is 46.4. The van der Waals surface area contributed by atoms with Crippen LogP contribution >= 0.6 is 0 Å². The van der Waals surface area contributed by atoms with Gasteiger partial charge in [0.2, 0.25) is 18.1 Å². The Morgan fingerprint density at radius 3 is 1.92 bits per heavy atom. The molecule has 7 N–H and O–H groups in total. The van der Waals surface area contributed by atoms with Gasteiger partial charge in [0.05, 0.1) is 32.2 Å². The van der Waals surface area contributed by atoms with Crippen LogP contribution < -0.4 is 20.7 Å². The first-order valence-electron chi connectivity index (χ1n) is 16.1. The van der Waals surface area contributed by atoms with Gasteiger partial charge in [-0.2, -0.15) is 0 Å². The SMILES string of the molecule is COC(=O)[C@H]1O[C@@H](Oc2cc(CO)ccc2NC(=O)[C@H](C)NC(=O)[C@@H](NC(=O)OC(C)(C)C)C(C)C)[C@H](CC(=O)O)[C@@H](CC(=O)O)[C@@H]1CC(=O)O. The van der Waals surface area contributed by atoms with Gasteiger partial charge in [0.1, 0.15) is 23.4 Å². The molecule has 0 aromatic heterocycles. The molecule has 1 saturated heterocycles. The number of nitrogens with one attached hydrogen (secondary N) is 3. The van der Waals surface area contributed by atoms with Gasteiger partial charge in [-0.15, -0.1) is 0 Å². The normalized spacial score (nSPS) is 21.4. The molecule has 0 spiro atoms. The summed E-state index contributed by atoms with van der Waals surface area (Å²) in [7, 11) is 1.00. The number of aliphatic hydroxyl groups excluding tert-OH is 1. The number of alkyl carbamates (subject to hydrolysis) is 1. The van der Waals surface area contributed by atoms with Crippen molar-refractivity contribution < 1.29 is 72.9 Å². The van der Waals surface area contributed by atoms with Crippen LogP contribution in [0.1, 0.15) is 66.4 Å². The van der Waals surface area contributed by atoms with Crippen LogP contribution in [0.15, 0.2) is 18.2 Å². The van der Waals surface area contributed by atoms with Crippen LogP contribution in [0.25, 0.3) is 0 Å².